The predicted molar refractivity (Wildman–Crippen MR) is 39.2 cm³/mol. The van der Waals surface area contributed by atoms with Gasteiger partial charge in [0.25, 0.3) is 0 Å². The summed E-state index contributed by atoms with van der Waals surface area (Å²) in [7, 11) is 0. The number of rotatable bonds is 3. The van der Waals surface area contributed by atoms with E-state index in [1.54, 1.807) is 0 Å². The van der Waals surface area contributed by atoms with Gasteiger partial charge >= 0.3 is 5.97 Å². The molecule has 0 aromatic rings. The fourth-order valence-corrected chi connectivity index (χ4v) is 1.27. The zero-order valence-electron chi connectivity index (χ0n) is 6.32. The first-order valence-corrected chi connectivity index (χ1v) is 3.79. The minimum absolute atomic E-state index is 0.00463. The Balaban J connectivity index is 2.28. The Kier molecular flexibility index (Phi) is 2.84. The number of ether oxygens (including phenoxy) is 1. The van der Waals surface area contributed by atoms with Crippen molar-refractivity contribution in [2.45, 2.75) is 31.4 Å². The molecule has 1 saturated heterocycles. The zero-order chi connectivity index (χ0) is 8.27. The molecule has 0 saturated carbocycles. The quantitative estimate of drug-likeness (QED) is 0.606. The summed E-state index contributed by atoms with van der Waals surface area (Å²) >= 11 is 0. The van der Waals surface area contributed by atoms with E-state index in [1.165, 1.54) is 0 Å². The third-order valence-electron chi connectivity index (χ3n) is 1.85. The molecule has 4 nitrogen and oxygen atoms in total. The third kappa shape index (κ3) is 2.48. The molecule has 64 valence electrons. The number of hydrogen-bond donors (Lipinski definition) is 2. The molecule has 0 spiro atoms. The molecule has 0 aliphatic carbocycles. The summed E-state index contributed by atoms with van der Waals surface area (Å²) in [6, 6.07) is -0.338. The summed E-state index contributed by atoms with van der Waals surface area (Å²) in [4.78, 5) is 10.2. The summed E-state index contributed by atoms with van der Waals surface area (Å²) in [5.41, 5.74) is 5.57. The van der Waals surface area contributed by atoms with E-state index in [2.05, 4.69) is 0 Å². The third-order valence-corrected chi connectivity index (χ3v) is 1.85. The molecular formula is C7H13NO3. The van der Waals surface area contributed by atoms with E-state index in [4.69, 9.17) is 15.6 Å². The Labute approximate surface area is 65.3 Å². The molecule has 0 amide bonds. The van der Waals surface area contributed by atoms with Gasteiger partial charge in [-0.1, -0.05) is 0 Å². The summed E-state index contributed by atoms with van der Waals surface area (Å²) in [5.74, 6) is -0.854. The maximum absolute atomic E-state index is 10.2. The molecule has 2 unspecified atom stereocenters. The smallest absolute Gasteiger partial charge is 0.305 e. The molecule has 3 N–H and O–H groups in total. The van der Waals surface area contributed by atoms with Crippen molar-refractivity contribution in [3.05, 3.63) is 0 Å². The van der Waals surface area contributed by atoms with Crippen LogP contribution >= 0.6 is 0 Å². The fraction of sp³-hybridized carbons (Fsp3) is 0.857. The van der Waals surface area contributed by atoms with Crippen LogP contribution in [0.4, 0.5) is 0 Å². The molecule has 0 aromatic heterocycles. The Hall–Kier alpha value is -0.610. The molecule has 11 heavy (non-hydrogen) atoms. The van der Waals surface area contributed by atoms with Gasteiger partial charge in [0.05, 0.1) is 12.5 Å². The normalized spacial score (nSPS) is 26.8. The SMILES string of the molecule is NC(CC(=O)O)C1CCCO1. The minimum Gasteiger partial charge on any atom is -0.481 e. The summed E-state index contributed by atoms with van der Waals surface area (Å²) in [6.07, 6.45) is 1.86. The molecule has 1 fully saturated rings. The zero-order valence-corrected chi connectivity index (χ0v) is 6.32. The van der Waals surface area contributed by atoms with E-state index in [1.807, 2.05) is 0 Å². The van der Waals surface area contributed by atoms with Gasteiger partial charge in [-0.15, -0.1) is 0 Å². The molecular weight excluding hydrogens is 146 g/mol. The van der Waals surface area contributed by atoms with Crippen LogP contribution in [0.2, 0.25) is 0 Å². The Bertz CT molecular complexity index is 143. The van der Waals surface area contributed by atoms with E-state index >= 15 is 0 Å². The molecule has 1 rings (SSSR count). The highest BCUT2D eigenvalue weighted by molar-refractivity contribution is 5.67. The number of aliphatic carboxylic acids is 1. The highest BCUT2D eigenvalue weighted by Gasteiger charge is 2.24. The maximum atomic E-state index is 10.2. The molecule has 1 aliphatic heterocycles. The maximum Gasteiger partial charge on any atom is 0.305 e. The van der Waals surface area contributed by atoms with E-state index in [0.29, 0.717) is 0 Å². The summed E-state index contributed by atoms with van der Waals surface area (Å²) in [6.45, 7) is 0.720. The topological polar surface area (TPSA) is 72.6 Å². The molecule has 0 radical (unpaired) electrons. The monoisotopic (exact) mass is 159 g/mol. The predicted octanol–water partition coefficient (Wildman–Crippen LogP) is -0.0326. The van der Waals surface area contributed by atoms with Crippen LogP contribution in [0.5, 0.6) is 0 Å². The van der Waals surface area contributed by atoms with Crippen LogP contribution in [0.3, 0.4) is 0 Å². The van der Waals surface area contributed by atoms with Crippen molar-refractivity contribution in [2.24, 2.45) is 5.73 Å². The molecule has 0 bridgehead atoms. The van der Waals surface area contributed by atoms with Gasteiger partial charge in [-0.2, -0.15) is 0 Å². The molecule has 1 heterocycles. The average Bonchev–Trinajstić information content (AvgIpc) is 2.35. The molecule has 0 aromatic carbocycles. The Morgan fingerprint density at radius 2 is 2.55 bits per heavy atom. The van der Waals surface area contributed by atoms with Gasteiger partial charge in [-0.25, -0.2) is 0 Å². The largest absolute Gasteiger partial charge is 0.481 e. The second kappa shape index (κ2) is 3.69. The van der Waals surface area contributed by atoms with E-state index in [0.717, 1.165) is 19.4 Å². The average molecular weight is 159 g/mol. The lowest BCUT2D eigenvalue weighted by Crippen LogP contribution is -2.36. The van der Waals surface area contributed by atoms with Crippen molar-refractivity contribution < 1.29 is 14.6 Å². The lowest BCUT2D eigenvalue weighted by molar-refractivity contribution is -0.138. The van der Waals surface area contributed by atoms with Gasteiger partial charge in [0.15, 0.2) is 0 Å². The number of hydrogen-bond acceptors (Lipinski definition) is 3. The minimum atomic E-state index is -0.854. The van der Waals surface area contributed by atoms with Crippen LogP contribution in [0.25, 0.3) is 0 Å². The van der Waals surface area contributed by atoms with Crippen LogP contribution < -0.4 is 5.73 Å². The first kappa shape index (κ1) is 8.49. The Morgan fingerprint density at radius 3 is 3.00 bits per heavy atom. The van der Waals surface area contributed by atoms with E-state index in [-0.39, 0.29) is 18.6 Å². The first-order chi connectivity index (χ1) is 5.20. The van der Waals surface area contributed by atoms with Gasteiger partial charge in [-0.3, -0.25) is 4.79 Å². The van der Waals surface area contributed by atoms with Crippen molar-refractivity contribution in [3.8, 4) is 0 Å². The second-order valence-electron chi connectivity index (χ2n) is 2.81. The van der Waals surface area contributed by atoms with E-state index in [9.17, 15) is 4.79 Å². The van der Waals surface area contributed by atoms with Crippen LogP contribution in [-0.4, -0.2) is 29.8 Å². The van der Waals surface area contributed by atoms with Crippen molar-refractivity contribution in [1.29, 1.82) is 0 Å². The number of carboxylic acids is 1. The van der Waals surface area contributed by atoms with Crippen LogP contribution in [0.15, 0.2) is 0 Å². The molecule has 1 aliphatic rings. The van der Waals surface area contributed by atoms with Gasteiger partial charge in [0.2, 0.25) is 0 Å². The summed E-state index contributed by atoms with van der Waals surface area (Å²) in [5, 5.41) is 8.41. The Morgan fingerprint density at radius 1 is 1.82 bits per heavy atom. The van der Waals surface area contributed by atoms with Gasteiger partial charge in [0, 0.05) is 12.6 Å². The second-order valence-corrected chi connectivity index (χ2v) is 2.81. The fourth-order valence-electron chi connectivity index (χ4n) is 1.27. The van der Waals surface area contributed by atoms with Crippen LogP contribution in [0, 0.1) is 0 Å². The van der Waals surface area contributed by atoms with Crippen molar-refractivity contribution >= 4 is 5.97 Å². The number of carbonyl (C=O) groups is 1. The first-order valence-electron chi connectivity index (χ1n) is 3.79. The number of carboxylic acid groups (broad SMARTS) is 1. The van der Waals surface area contributed by atoms with Crippen molar-refractivity contribution in [1.82, 2.24) is 0 Å². The lowest BCUT2D eigenvalue weighted by Gasteiger charge is -2.15. The van der Waals surface area contributed by atoms with Gasteiger partial charge in [0.1, 0.15) is 0 Å². The lowest BCUT2D eigenvalue weighted by atomic mass is 10.1. The standard InChI is InChI=1S/C7H13NO3/c8-5(4-7(9)10)6-2-1-3-11-6/h5-6H,1-4,8H2,(H,9,10). The van der Waals surface area contributed by atoms with Crippen molar-refractivity contribution in [3.63, 3.8) is 0 Å². The summed E-state index contributed by atoms with van der Waals surface area (Å²) < 4.78 is 5.23. The highest BCUT2D eigenvalue weighted by atomic mass is 16.5. The number of nitrogens with two attached hydrogens (primary N) is 1. The van der Waals surface area contributed by atoms with Crippen molar-refractivity contribution in [2.75, 3.05) is 6.61 Å². The van der Waals surface area contributed by atoms with Gasteiger partial charge < -0.3 is 15.6 Å². The van der Waals surface area contributed by atoms with Crippen LogP contribution in [0.1, 0.15) is 19.3 Å². The van der Waals surface area contributed by atoms with Gasteiger partial charge in [-0.05, 0) is 12.8 Å². The molecule has 2 atom stereocenters. The highest BCUT2D eigenvalue weighted by Crippen LogP contribution is 2.15. The van der Waals surface area contributed by atoms with E-state index < -0.39 is 5.97 Å². The van der Waals surface area contributed by atoms with Crippen LogP contribution in [-0.2, 0) is 9.53 Å². The molecule has 4 heteroatoms.